The number of benzene rings is 1. The Kier molecular flexibility index (Phi) is 5.75. The minimum atomic E-state index is -1.24. The summed E-state index contributed by atoms with van der Waals surface area (Å²) in [6.07, 6.45) is 1.01. The lowest BCUT2D eigenvalue weighted by Gasteiger charge is -2.29. The molecule has 24 heavy (non-hydrogen) atoms. The van der Waals surface area contributed by atoms with E-state index in [2.05, 4.69) is 0 Å². The van der Waals surface area contributed by atoms with Crippen molar-refractivity contribution in [2.24, 2.45) is 0 Å². The summed E-state index contributed by atoms with van der Waals surface area (Å²) in [7, 11) is 0. The fourth-order valence-electron chi connectivity index (χ4n) is 2.24. The SMILES string of the molecule is CCOC(OCC)c1ccc(C=C2C(=O)OC(C)(C)OC2=O)cc1. The van der Waals surface area contributed by atoms with E-state index in [4.69, 9.17) is 18.9 Å². The van der Waals surface area contributed by atoms with Gasteiger partial charge < -0.3 is 18.9 Å². The minimum absolute atomic E-state index is 0.131. The standard InChI is InChI=1S/C18H22O6/c1-5-21-17(22-6-2)13-9-7-12(8-10-13)11-14-15(19)23-18(3,4)24-16(14)20/h7-11,17H,5-6H2,1-4H3. The number of cyclic esters (lactones) is 2. The predicted octanol–water partition coefficient (Wildman–Crippen LogP) is 2.98. The summed E-state index contributed by atoms with van der Waals surface area (Å²) in [4.78, 5) is 23.9. The van der Waals surface area contributed by atoms with Crippen LogP contribution in [0.1, 0.15) is 45.1 Å². The Balaban J connectivity index is 2.19. The number of carbonyl (C=O) groups excluding carboxylic acids is 2. The highest BCUT2D eigenvalue weighted by Gasteiger charge is 2.38. The first-order valence-electron chi connectivity index (χ1n) is 7.88. The van der Waals surface area contributed by atoms with Crippen LogP contribution in [0.2, 0.25) is 0 Å². The Hall–Kier alpha value is -2.18. The van der Waals surface area contributed by atoms with Crippen LogP contribution < -0.4 is 0 Å². The van der Waals surface area contributed by atoms with E-state index in [1.54, 1.807) is 12.1 Å². The van der Waals surface area contributed by atoms with Gasteiger partial charge in [0.25, 0.3) is 5.79 Å². The minimum Gasteiger partial charge on any atom is -0.419 e. The van der Waals surface area contributed by atoms with E-state index < -0.39 is 24.0 Å². The van der Waals surface area contributed by atoms with Gasteiger partial charge in [0.05, 0.1) is 0 Å². The van der Waals surface area contributed by atoms with Crippen LogP contribution in [0.15, 0.2) is 29.8 Å². The third-order valence-electron chi connectivity index (χ3n) is 3.27. The Labute approximate surface area is 141 Å². The van der Waals surface area contributed by atoms with Gasteiger partial charge in [-0.1, -0.05) is 24.3 Å². The number of hydrogen-bond donors (Lipinski definition) is 0. The maximum Gasteiger partial charge on any atom is 0.348 e. The van der Waals surface area contributed by atoms with E-state index in [1.807, 2.05) is 26.0 Å². The zero-order valence-corrected chi connectivity index (χ0v) is 14.3. The number of esters is 2. The second-order valence-electron chi connectivity index (χ2n) is 5.65. The van der Waals surface area contributed by atoms with Crippen molar-refractivity contribution >= 4 is 18.0 Å². The molecule has 0 atom stereocenters. The van der Waals surface area contributed by atoms with E-state index in [1.165, 1.54) is 19.9 Å². The summed E-state index contributed by atoms with van der Waals surface area (Å²) >= 11 is 0. The van der Waals surface area contributed by atoms with Gasteiger partial charge in [-0.25, -0.2) is 9.59 Å². The van der Waals surface area contributed by atoms with Gasteiger partial charge in [-0.15, -0.1) is 0 Å². The van der Waals surface area contributed by atoms with Gasteiger partial charge in [-0.2, -0.15) is 0 Å². The molecule has 1 saturated heterocycles. The third kappa shape index (κ3) is 4.43. The molecule has 130 valence electrons. The molecule has 1 aromatic carbocycles. The van der Waals surface area contributed by atoms with Crippen LogP contribution >= 0.6 is 0 Å². The molecule has 0 unspecified atom stereocenters. The van der Waals surface area contributed by atoms with Crippen LogP contribution in [0.4, 0.5) is 0 Å². The first-order valence-corrected chi connectivity index (χ1v) is 7.88. The number of ether oxygens (including phenoxy) is 4. The predicted molar refractivity (Wildman–Crippen MR) is 86.7 cm³/mol. The molecule has 0 aliphatic carbocycles. The molecule has 6 nitrogen and oxygen atoms in total. The lowest BCUT2D eigenvalue weighted by Crippen LogP contribution is -2.41. The maximum absolute atomic E-state index is 11.9. The molecule has 1 fully saturated rings. The van der Waals surface area contributed by atoms with Crippen LogP contribution in [-0.2, 0) is 28.5 Å². The van der Waals surface area contributed by atoms with Crippen LogP contribution in [0.25, 0.3) is 6.08 Å². The Morgan fingerprint density at radius 1 is 1.00 bits per heavy atom. The van der Waals surface area contributed by atoms with Gasteiger partial charge in [-0.05, 0) is 25.5 Å². The highest BCUT2D eigenvalue weighted by atomic mass is 16.7. The van der Waals surface area contributed by atoms with Crippen molar-refractivity contribution in [3.63, 3.8) is 0 Å². The molecule has 1 aliphatic rings. The summed E-state index contributed by atoms with van der Waals surface area (Å²) in [5.41, 5.74) is 1.40. The van der Waals surface area contributed by atoms with Gasteiger partial charge >= 0.3 is 11.9 Å². The normalized spacial score (nSPS) is 16.8. The van der Waals surface area contributed by atoms with E-state index in [0.717, 1.165) is 5.56 Å². The number of carbonyl (C=O) groups is 2. The van der Waals surface area contributed by atoms with Crippen molar-refractivity contribution < 1.29 is 28.5 Å². The molecule has 0 radical (unpaired) electrons. The molecule has 2 rings (SSSR count). The molecule has 1 heterocycles. The lowest BCUT2D eigenvalue weighted by atomic mass is 10.1. The molecule has 0 amide bonds. The Bertz CT molecular complexity index is 601. The molecule has 1 aromatic rings. The highest BCUT2D eigenvalue weighted by Crippen LogP contribution is 2.25. The highest BCUT2D eigenvalue weighted by molar-refractivity contribution is 6.18. The van der Waals surface area contributed by atoms with Gasteiger partial charge in [0.1, 0.15) is 5.57 Å². The largest absolute Gasteiger partial charge is 0.419 e. The summed E-state index contributed by atoms with van der Waals surface area (Å²) in [6, 6.07) is 7.19. The topological polar surface area (TPSA) is 71.1 Å². The first kappa shape index (κ1) is 18.2. The molecule has 0 bridgehead atoms. The summed E-state index contributed by atoms with van der Waals surface area (Å²) in [6.45, 7) is 7.87. The summed E-state index contributed by atoms with van der Waals surface area (Å²) in [5.74, 6) is -2.62. The molecule has 1 aliphatic heterocycles. The van der Waals surface area contributed by atoms with Crippen LogP contribution in [0.5, 0.6) is 0 Å². The third-order valence-corrected chi connectivity index (χ3v) is 3.27. The lowest BCUT2D eigenvalue weighted by molar-refractivity contribution is -0.222. The van der Waals surface area contributed by atoms with E-state index in [0.29, 0.717) is 18.8 Å². The second-order valence-corrected chi connectivity index (χ2v) is 5.65. The van der Waals surface area contributed by atoms with Crippen molar-refractivity contribution in [1.82, 2.24) is 0 Å². The number of rotatable bonds is 6. The van der Waals surface area contributed by atoms with E-state index >= 15 is 0 Å². The fraction of sp³-hybridized carbons (Fsp3) is 0.444. The Morgan fingerprint density at radius 2 is 1.50 bits per heavy atom. The average molecular weight is 334 g/mol. The van der Waals surface area contributed by atoms with Crippen molar-refractivity contribution in [3.8, 4) is 0 Å². The zero-order chi connectivity index (χ0) is 17.7. The molecule has 0 N–H and O–H groups in total. The van der Waals surface area contributed by atoms with Crippen LogP contribution in [-0.4, -0.2) is 30.9 Å². The van der Waals surface area contributed by atoms with Crippen molar-refractivity contribution in [1.29, 1.82) is 0 Å². The molecule has 0 spiro atoms. The first-order chi connectivity index (χ1) is 11.4. The maximum atomic E-state index is 11.9. The van der Waals surface area contributed by atoms with Crippen LogP contribution in [0.3, 0.4) is 0 Å². The Morgan fingerprint density at radius 3 is 1.96 bits per heavy atom. The number of hydrogen-bond acceptors (Lipinski definition) is 6. The molecule has 0 aromatic heterocycles. The summed E-state index contributed by atoms with van der Waals surface area (Å²) in [5, 5.41) is 0. The van der Waals surface area contributed by atoms with E-state index in [9.17, 15) is 9.59 Å². The molecule has 0 saturated carbocycles. The molecular formula is C18H22O6. The quantitative estimate of drug-likeness (QED) is 0.345. The van der Waals surface area contributed by atoms with Crippen molar-refractivity contribution in [2.75, 3.05) is 13.2 Å². The average Bonchev–Trinajstić information content (AvgIpc) is 2.50. The smallest absolute Gasteiger partial charge is 0.348 e. The molecule has 6 heteroatoms. The van der Waals surface area contributed by atoms with Crippen molar-refractivity contribution in [3.05, 3.63) is 41.0 Å². The summed E-state index contributed by atoms with van der Waals surface area (Å²) < 4.78 is 21.2. The van der Waals surface area contributed by atoms with Crippen molar-refractivity contribution in [2.45, 2.75) is 39.8 Å². The van der Waals surface area contributed by atoms with Gasteiger partial charge in [-0.3, -0.25) is 0 Å². The van der Waals surface area contributed by atoms with Gasteiger partial charge in [0, 0.05) is 32.6 Å². The molecular weight excluding hydrogens is 312 g/mol. The van der Waals surface area contributed by atoms with Gasteiger partial charge in [0.2, 0.25) is 0 Å². The van der Waals surface area contributed by atoms with E-state index in [-0.39, 0.29) is 5.57 Å². The van der Waals surface area contributed by atoms with Crippen LogP contribution in [0, 0.1) is 0 Å². The fourth-order valence-corrected chi connectivity index (χ4v) is 2.24. The monoisotopic (exact) mass is 334 g/mol. The zero-order valence-electron chi connectivity index (χ0n) is 14.3. The van der Waals surface area contributed by atoms with Gasteiger partial charge in [0.15, 0.2) is 6.29 Å². The second kappa shape index (κ2) is 7.59.